The van der Waals surface area contributed by atoms with Gasteiger partial charge in [-0.2, -0.15) is 0 Å². The highest BCUT2D eigenvalue weighted by molar-refractivity contribution is 5.92. The number of ether oxygens (including phenoxy) is 1. The molecule has 2 fully saturated rings. The molecule has 0 spiro atoms. The second-order valence-corrected chi connectivity index (χ2v) is 10.5. The lowest BCUT2D eigenvalue weighted by atomic mass is 9.81. The van der Waals surface area contributed by atoms with E-state index < -0.39 is 0 Å². The van der Waals surface area contributed by atoms with Gasteiger partial charge in [-0.3, -0.25) is 9.88 Å². The molecule has 2 aromatic carbocycles. The van der Waals surface area contributed by atoms with Crippen molar-refractivity contribution in [1.29, 1.82) is 0 Å². The zero-order chi connectivity index (χ0) is 25.4. The highest BCUT2D eigenvalue weighted by Crippen LogP contribution is 2.40. The zero-order valence-corrected chi connectivity index (χ0v) is 21.9. The number of benzene rings is 2. The van der Waals surface area contributed by atoms with Gasteiger partial charge in [0.2, 0.25) is 0 Å². The lowest BCUT2D eigenvalue weighted by molar-refractivity contribution is 0.141. The van der Waals surface area contributed by atoms with Crippen LogP contribution in [0.2, 0.25) is 0 Å². The Kier molecular flexibility index (Phi) is 6.48. The first kappa shape index (κ1) is 23.8. The number of aryl methyl sites for hydroxylation is 1. The quantitative estimate of drug-likeness (QED) is 0.297. The molecule has 0 bridgehead atoms. The van der Waals surface area contributed by atoms with Gasteiger partial charge in [0.15, 0.2) is 5.69 Å². The second-order valence-electron chi connectivity index (χ2n) is 10.5. The summed E-state index contributed by atoms with van der Waals surface area (Å²) in [6.45, 7) is 14.3. The van der Waals surface area contributed by atoms with E-state index >= 15 is 0 Å². The summed E-state index contributed by atoms with van der Waals surface area (Å²) in [7, 11) is 2.12. The van der Waals surface area contributed by atoms with Gasteiger partial charge in [0, 0.05) is 68.6 Å². The van der Waals surface area contributed by atoms with Crippen LogP contribution >= 0.6 is 0 Å². The maximum absolute atomic E-state index is 7.42. The first-order valence-electron chi connectivity index (χ1n) is 13.6. The van der Waals surface area contributed by atoms with Gasteiger partial charge in [0.1, 0.15) is 5.75 Å². The predicted molar refractivity (Wildman–Crippen MR) is 151 cm³/mol. The van der Waals surface area contributed by atoms with Crippen LogP contribution in [0.5, 0.6) is 5.75 Å². The Labute approximate surface area is 219 Å². The molecule has 190 valence electrons. The fraction of sp³-hybridized carbons (Fsp3) is 0.419. The third-order valence-corrected chi connectivity index (χ3v) is 8.41. The Balaban J connectivity index is 1.12. The van der Waals surface area contributed by atoms with Gasteiger partial charge in [0.05, 0.1) is 24.4 Å². The molecule has 4 aromatic rings. The number of fused-ring (bicyclic) bond motifs is 2. The van der Waals surface area contributed by atoms with Crippen LogP contribution in [0.3, 0.4) is 0 Å². The predicted octanol–water partition coefficient (Wildman–Crippen LogP) is 6.52. The van der Waals surface area contributed by atoms with E-state index in [4.69, 9.17) is 16.3 Å². The molecule has 3 heterocycles. The first-order valence-corrected chi connectivity index (χ1v) is 13.6. The Morgan fingerprint density at radius 1 is 1.03 bits per heavy atom. The van der Waals surface area contributed by atoms with Crippen LogP contribution in [0.1, 0.15) is 44.1 Å². The smallest absolute Gasteiger partial charge is 0.187 e. The van der Waals surface area contributed by atoms with Crippen LogP contribution in [0, 0.1) is 6.57 Å². The minimum absolute atomic E-state index is 0.584. The van der Waals surface area contributed by atoms with Crippen molar-refractivity contribution < 1.29 is 4.74 Å². The van der Waals surface area contributed by atoms with Crippen LogP contribution in [-0.4, -0.2) is 53.3 Å². The largest absolute Gasteiger partial charge is 0.494 e. The third-order valence-electron chi connectivity index (χ3n) is 8.41. The molecule has 6 nitrogen and oxygen atoms in total. The van der Waals surface area contributed by atoms with Crippen LogP contribution in [0.4, 0.5) is 11.4 Å². The number of piperazine rings is 1. The Morgan fingerprint density at radius 2 is 1.84 bits per heavy atom. The molecule has 2 aliphatic rings. The molecule has 0 N–H and O–H groups in total. The molecule has 0 radical (unpaired) electrons. The molecule has 6 rings (SSSR count). The lowest BCUT2D eigenvalue weighted by Gasteiger charge is -2.42. The molecule has 0 unspecified atom stereocenters. The molecule has 1 saturated carbocycles. The Bertz CT molecular complexity index is 1450. The van der Waals surface area contributed by atoms with Gasteiger partial charge in [-0.15, -0.1) is 0 Å². The molecule has 1 aliphatic heterocycles. The van der Waals surface area contributed by atoms with Gasteiger partial charge in [-0.1, -0.05) is 12.1 Å². The number of anilines is 1. The van der Waals surface area contributed by atoms with Crippen molar-refractivity contribution in [1.82, 2.24) is 14.5 Å². The van der Waals surface area contributed by atoms with E-state index in [-0.39, 0.29) is 0 Å². The molecular formula is C31H35N5O. The molecule has 0 atom stereocenters. The highest BCUT2D eigenvalue weighted by atomic mass is 16.5. The number of pyridine rings is 1. The SMILES string of the molecule is [C-]#[N+]c1ccc2c(c1)c(C1CCC(N3CCN(c4cc(OCC)cc5cccnc45)CC3)CC1)cn2C. The summed E-state index contributed by atoms with van der Waals surface area (Å²) < 4.78 is 8.09. The molecular weight excluding hydrogens is 458 g/mol. The average molecular weight is 494 g/mol. The monoisotopic (exact) mass is 493 g/mol. The number of aromatic nitrogens is 2. The zero-order valence-electron chi connectivity index (χ0n) is 21.9. The summed E-state index contributed by atoms with van der Waals surface area (Å²) >= 11 is 0. The van der Waals surface area contributed by atoms with Crippen molar-refractivity contribution in [3.8, 4) is 5.75 Å². The standard InChI is InChI=1S/C31H35N5O/c1-4-37-26-18-23-6-5-13-33-31(23)30(20-26)36-16-14-35(15-17-36)25-10-7-22(8-11-25)28-21-34(3)29-12-9-24(32-2)19-27(28)29/h5-6,9,12-13,18-22,25H,4,7-8,10-11,14-17H2,1,3H3. The number of hydrogen-bond donors (Lipinski definition) is 0. The van der Waals surface area contributed by atoms with Crippen molar-refractivity contribution >= 4 is 33.2 Å². The van der Waals surface area contributed by atoms with Crippen molar-refractivity contribution in [2.45, 2.75) is 44.6 Å². The van der Waals surface area contributed by atoms with Crippen molar-refractivity contribution in [3.05, 3.63) is 71.8 Å². The maximum Gasteiger partial charge on any atom is 0.187 e. The van der Waals surface area contributed by atoms with Crippen molar-refractivity contribution in [2.24, 2.45) is 7.05 Å². The summed E-state index contributed by atoms with van der Waals surface area (Å²) in [6.07, 6.45) is 9.12. The van der Waals surface area contributed by atoms with E-state index in [0.717, 1.165) is 48.5 Å². The molecule has 6 heteroatoms. The van der Waals surface area contributed by atoms with Crippen LogP contribution in [0.15, 0.2) is 54.9 Å². The average Bonchev–Trinajstić information content (AvgIpc) is 3.28. The van der Waals surface area contributed by atoms with E-state index in [1.54, 1.807) is 0 Å². The van der Waals surface area contributed by atoms with E-state index in [1.807, 2.05) is 25.3 Å². The minimum atomic E-state index is 0.584. The number of rotatable bonds is 5. The van der Waals surface area contributed by atoms with E-state index in [1.165, 1.54) is 47.8 Å². The highest BCUT2D eigenvalue weighted by Gasteiger charge is 2.30. The molecule has 0 amide bonds. The van der Waals surface area contributed by atoms with Gasteiger partial charge in [0.25, 0.3) is 0 Å². The summed E-state index contributed by atoms with van der Waals surface area (Å²) in [5.41, 5.74) is 5.66. The van der Waals surface area contributed by atoms with Crippen LogP contribution in [0.25, 0.3) is 26.7 Å². The van der Waals surface area contributed by atoms with Gasteiger partial charge in [-0.05, 0) is 73.7 Å². The second kappa shape index (κ2) is 10.1. The van der Waals surface area contributed by atoms with Gasteiger partial charge >= 0.3 is 0 Å². The molecule has 2 aromatic heterocycles. The van der Waals surface area contributed by atoms with Gasteiger partial charge in [-0.25, -0.2) is 4.85 Å². The lowest BCUT2D eigenvalue weighted by Crippen LogP contribution is -2.51. The number of hydrogen-bond acceptors (Lipinski definition) is 4. The molecule has 1 saturated heterocycles. The van der Waals surface area contributed by atoms with E-state index in [2.05, 4.69) is 62.8 Å². The Morgan fingerprint density at radius 3 is 2.59 bits per heavy atom. The minimum Gasteiger partial charge on any atom is -0.494 e. The van der Waals surface area contributed by atoms with Crippen molar-refractivity contribution in [2.75, 3.05) is 37.7 Å². The van der Waals surface area contributed by atoms with E-state index in [9.17, 15) is 0 Å². The first-order chi connectivity index (χ1) is 18.1. The van der Waals surface area contributed by atoms with Crippen LogP contribution < -0.4 is 9.64 Å². The summed E-state index contributed by atoms with van der Waals surface area (Å²) in [4.78, 5) is 13.6. The van der Waals surface area contributed by atoms with Gasteiger partial charge < -0.3 is 14.2 Å². The van der Waals surface area contributed by atoms with Crippen LogP contribution in [-0.2, 0) is 7.05 Å². The summed E-state index contributed by atoms with van der Waals surface area (Å²) in [5.74, 6) is 1.51. The van der Waals surface area contributed by atoms with Crippen molar-refractivity contribution in [3.63, 3.8) is 0 Å². The molecule has 37 heavy (non-hydrogen) atoms. The number of nitrogens with zero attached hydrogens (tertiary/aromatic N) is 5. The topological polar surface area (TPSA) is 37.9 Å². The summed E-state index contributed by atoms with van der Waals surface area (Å²) in [6, 6.07) is 15.2. The third kappa shape index (κ3) is 4.53. The normalized spacial score (nSPS) is 20.8. The van der Waals surface area contributed by atoms with E-state index in [0.29, 0.717) is 18.6 Å². The molecule has 1 aliphatic carbocycles. The summed E-state index contributed by atoms with van der Waals surface area (Å²) in [5, 5.41) is 2.41. The maximum atomic E-state index is 7.42. The fourth-order valence-electron chi connectivity index (χ4n) is 6.52. The fourth-order valence-corrected chi connectivity index (χ4v) is 6.52. The Hall–Kier alpha value is -3.56.